The third-order valence-electron chi connectivity index (χ3n) is 4.82. The van der Waals surface area contributed by atoms with Crippen LogP contribution in [0.3, 0.4) is 0 Å². The lowest BCUT2D eigenvalue weighted by molar-refractivity contribution is -0.136. The van der Waals surface area contributed by atoms with E-state index in [1.165, 1.54) is 0 Å². The van der Waals surface area contributed by atoms with Gasteiger partial charge in [0.05, 0.1) is 0 Å². The molecule has 3 amide bonds. The summed E-state index contributed by atoms with van der Waals surface area (Å²) in [6.45, 7) is 8.74. The van der Waals surface area contributed by atoms with E-state index in [9.17, 15) is 14.4 Å². The Morgan fingerprint density at radius 3 is 2.15 bits per heavy atom. The van der Waals surface area contributed by atoms with Crippen LogP contribution in [0, 0.1) is 26.3 Å². The molecule has 2 aromatic carbocycles. The first-order chi connectivity index (χ1) is 15.5. The van der Waals surface area contributed by atoms with Gasteiger partial charge in [-0.3, -0.25) is 14.5 Å². The number of carbonyl (C=O) groups is 3. The van der Waals surface area contributed by atoms with Gasteiger partial charge in [-0.2, -0.15) is 0 Å². The lowest BCUT2D eigenvalue weighted by Gasteiger charge is -2.29. The number of hydrogen-bond donors (Lipinski definition) is 2. The zero-order valence-corrected chi connectivity index (χ0v) is 19.8. The maximum Gasteiger partial charge on any atom is 0.408 e. The van der Waals surface area contributed by atoms with Crippen LogP contribution < -0.4 is 10.6 Å². The fourth-order valence-electron chi connectivity index (χ4n) is 3.36. The number of alkyl carbamates (subject to hydrolysis) is 1. The fourth-order valence-corrected chi connectivity index (χ4v) is 3.36. The topological polar surface area (TPSA) is 87.7 Å². The molecule has 7 heteroatoms. The molecule has 1 unspecified atom stereocenters. The van der Waals surface area contributed by atoms with Crippen molar-refractivity contribution in [3.8, 4) is 12.5 Å². The van der Waals surface area contributed by atoms with E-state index >= 15 is 0 Å². The van der Waals surface area contributed by atoms with E-state index in [1.807, 2.05) is 62.4 Å². The van der Waals surface area contributed by atoms with Crippen LogP contribution in [0.4, 0.5) is 4.79 Å². The van der Waals surface area contributed by atoms with Crippen molar-refractivity contribution in [2.75, 3.05) is 6.54 Å². The van der Waals surface area contributed by atoms with Crippen molar-refractivity contribution < 1.29 is 19.1 Å². The largest absolute Gasteiger partial charge is 0.444 e. The van der Waals surface area contributed by atoms with Crippen molar-refractivity contribution in [3.63, 3.8) is 0 Å². The van der Waals surface area contributed by atoms with Gasteiger partial charge in [0.1, 0.15) is 18.2 Å². The summed E-state index contributed by atoms with van der Waals surface area (Å²) >= 11 is 0. The van der Waals surface area contributed by atoms with Gasteiger partial charge >= 0.3 is 6.09 Å². The Kier molecular flexibility index (Phi) is 8.63. The Morgan fingerprint density at radius 2 is 1.61 bits per heavy atom. The second-order valence-electron chi connectivity index (χ2n) is 8.66. The highest BCUT2D eigenvalue weighted by Crippen LogP contribution is 2.27. The van der Waals surface area contributed by atoms with Crippen LogP contribution in [0.15, 0.2) is 48.5 Å². The second kappa shape index (κ2) is 11.2. The first-order valence-electron chi connectivity index (χ1n) is 10.7. The van der Waals surface area contributed by atoms with E-state index in [2.05, 4.69) is 16.7 Å². The Morgan fingerprint density at radius 1 is 1.00 bits per heavy atom. The first kappa shape index (κ1) is 25.5. The molecular weight excluding hydrogens is 418 g/mol. The van der Waals surface area contributed by atoms with Gasteiger partial charge in [-0.1, -0.05) is 55.0 Å². The lowest BCUT2D eigenvalue weighted by atomic mass is 9.94. The third kappa shape index (κ3) is 7.39. The van der Waals surface area contributed by atoms with Crippen LogP contribution in [-0.4, -0.2) is 35.0 Å². The Bertz CT molecular complexity index is 1020. The lowest BCUT2D eigenvalue weighted by Crippen LogP contribution is -2.46. The number of amides is 3. The van der Waals surface area contributed by atoms with E-state index in [4.69, 9.17) is 11.2 Å². The Labute approximate surface area is 195 Å². The number of benzene rings is 2. The highest BCUT2D eigenvalue weighted by Gasteiger charge is 2.33. The molecule has 2 rings (SSSR count). The number of nitrogens with zero attached hydrogens (tertiary/aromatic N) is 1. The predicted molar refractivity (Wildman–Crippen MR) is 127 cm³/mol. The molecule has 2 aromatic rings. The van der Waals surface area contributed by atoms with E-state index in [1.54, 1.807) is 20.8 Å². The van der Waals surface area contributed by atoms with Crippen molar-refractivity contribution in [1.82, 2.24) is 15.5 Å². The van der Waals surface area contributed by atoms with Gasteiger partial charge < -0.3 is 15.4 Å². The predicted octanol–water partition coefficient (Wildman–Crippen LogP) is 3.60. The van der Waals surface area contributed by atoms with Gasteiger partial charge in [0, 0.05) is 12.6 Å². The van der Waals surface area contributed by atoms with Crippen LogP contribution in [-0.2, 0) is 20.9 Å². The summed E-state index contributed by atoms with van der Waals surface area (Å²) in [4.78, 5) is 39.3. The average molecular weight is 450 g/mol. The molecule has 0 fully saturated rings. The van der Waals surface area contributed by atoms with Crippen molar-refractivity contribution in [2.24, 2.45) is 0 Å². The number of terminal acetylenes is 1. The molecule has 0 spiro atoms. The zero-order valence-electron chi connectivity index (χ0n) is 19.8. The summed E-state index contributed by atoms with van der Waals surface area (Å²) in [6, 6.07) is 16.3. The molecule has 0 saturated carbocycles. The summed E-state index contributed by atoms with van der Waals surface area (Å²) in [5.41, 5.74) is 2.49. The quantitative estimate of drug-likeness (QED) is 0.499. The molecule has 33 heavy (non-hydrogen) atoms. The van der Waals surface area contributed by atoms with Crippen LogP contribution in [0.2, 0.25) is 0 Å². The van der Waals surface area contributed by atoms with Gasteiger partial charge in [-0.25, -0.2) is 4.79 Å². The minimum Gasteiger partial charge on any atom is -0.444 e. The number of hydrogen-bond acceptors (Lipinski definition) is 4. The Hall–Kier alpha value is -3.79. The van der Waals surface area contributed by atoms with Crippen LogP contribution in [0.25, 0.3) is 0 Å². The van der Waals surface area contributed by atoms with Crippen LogP contribution in [0.1, 0.15) is 49.1 Å². The molecule has 0 heterocycles. The van der Waals surface area contributed by atoms with Crippen molar-refractivity contribution in [2.45, 2.75) is 52.8 Å². The van der Waals surface area contributed by atoms with Gasteiger partial charge in [0.15, 0.2) is 0 Å². The highest BCUT2D eigenvalue weighted by molar-refractivity contribution is 5.92. The van der Waals surface area contributed by atoms with Crippen molar-refractivity contribution in [3.05, 3.63) is 70.8 Å². The average Bonchev–Trinajstić information content (AvgIpc) is 2.74. The van der Waals surface area contributed by atoms with E-state index < -0.39 is 36.1 Å². The molecule has 174 valence electrons. The molecule has 7 nitrogen and oxygen atoms in total. The molecule has 0 aliphatic carbocycles. The molecule has 0 aromatic heterocycles. The summed E-state index contributed by atoms with van der Waals surface area (Å²) in [5.74, 6) is -1.02. The highest BCUT2D eigenvalue weighted by atomic mass is 16.6. The molecule has 0 aliphatic heterocycles. The number of carbonyl (C=O) groups excluding carboxylic acids is 3. The van der Waals surface area contributed by atoms with E-state index in [0.717, 1.165) is 21.6 Å². The van der Waals surface area contributed by atoms with Crippen LogP contribution >= 0.6 is 0 Å². The molecule has 0 saturated heterocycles. The number of ether oxygens (including phenoxy) is 1. The normalized spacial score (nSPS) is 11.6. The van der Waals surface area contributed by atoms with Gasteiger partial charge in [0.25, 0.3) is 5.91 Å². The smallest absolute Gasteiger partial charge is 0.408 e. The molecule has 0 radical (unpaired) electrons. The van der Waals surface area contributed by atoms with Gasteiger partial charge in [-0.15, -0.1) is 0 Å². The van der Waals surface area contributed by atoms with Gasteiger partial charge in [0.2, 0.25) is 5.91 Å². The minimum absolute atomic E-state index is 0.282. The first-order valence-corrected chi connectivity index (χ1v) is 10.7. The van der Waals surface area contributed by atoms with Crippen molar-refractivity contribution in [1.29, 1.82) is 0 Å². The SMILES string of the molecule is C#CN(C(=O)CNC(=O)OC(C)(C)C)C(C(=O)NCc1ccccc1)c1c(C)cccc1C. The molecule has 0 aliphatic rings. The number of nitrogens with one attached hydrogen (secondary N) is 2. The summed E-state index contributed by atoms with van der Waals surface area (Å²) < 4.78 is 5.17. The van der Waals surface area contributed by atoms with E-state index in [-0.39, 0.29) is 6.54 Å². The maximum atomic E-state index is 13.3. The number of rotatable bonds is 7. The molecule has 2 N–H and O–H groups in total. The monoisotopic (exact) mass is 449 g/mol. The standard InChI is InChI=1S/C26H31N3O4/c1-7-29(21(30)17-28-25(32)33-26(4,5)6)23(22-18(2)12-11-13-19(22)3)24(31)27-16-20-14-9-8-10-15-20/h1,8-15,23H,16-17H2,2-6H3,(H,27,31)(H,28,32). The second-order valence-corrected chi connectivity index (χ2v) is 8.66. The summed E-state index contributed by atoms with van der Waals surface area (Å²) in [5, 5.41) is 5.28. The number of aryl methyl sites for hydroxylation is 2. The van der Waals surface area contributed by atoms with Crippen LogP contribution in [0.5, 0.6) is 0 Å². The molecular formula is C26H31N3O4. The summed E-state index contributed by atoms with van der Waals surface area (Å²) in [7, 11) is 0. The maximum absolute atomic E-state index is 13.3. The summed E-state index contributed by atoms with van der Waals surface area (Å²) in [6.07, 6.45) is 4.95. The zero-order chi connectivity index (χ0) is 24.6. The Balaban J connectivity index is 2.28. The molecule has 0 bridgehead atoms. The minimum atomic E-state index is -1.06. The van der Waals surface area contributed by atoms with Crippen molar-refractivity contribution >= 4 is 17.9 Å². The van der Waals surface area contributed by atoms with E-state index in [0.29, 0.717) is 5.56 Å². The molecule has 1 atom stereocenters. The fraction of sp³-hybridized carbons (Fsp3) is 0.346. The van der Waals surface area contributed by atoms with Gasteiger partial charge in [-0.05, 0) is 56.9 Å². The third-order valence-corrected chi connectivity index (χ3v) is 4.82.